The lowest BCUT2D eigenvalue weighted by molar-refractivity contribution is -0.120. The van der Waals surface area contributed by atoms with Gasteiger partial charge in [0.1, 0.15) is 5.78 Å². The summed E-state index contributed by atoms with van der Waals surface area (Å²) < 4.78 is 0. The van der Waals surface area contributed by atoms with Gasteiger partial charge in [-0.3, -0.25) is 4.79 Å². The van der Waals surface area contributed by atoms with Crippen molar-refractivity contribution in [1.29, 1.82) is 0 Å². The monoisotopic (exact) mass is 136 g/mol. The van der Waals surface area contributed by atoms with Gasteiger partial charge in [-0.1, -0.05) is 18.1 Å². The Morgan fingerprint density at radius 2 is 2.30 bits per heavy atom. The molecule has 0 saturated heterocycles. The second kappa shape index (κ2) is 2.22. The minimum atomic E-state index is 0.355. The van der Waals surface area contributed by atoms with Gasteiger partial charge in [0, 0.05) is 12.3 Å². The van der Waals surface area contributed by atoms with E-state index in [-0.39, 0.29) is 0 Å². The lowest BCUT2D eigenvalue weighted by Gasteiger charge is -2.18. The minimum Gasteiger partial charge on any atom is -0.299 e. The first-order chi connectivity index (χ1) is 4.88. The average Bonchev–Trinajstić information content (AvgIpc) is 2.34. The molecule has 1 atom stereocenters. The smallest absolute Gasteiger partial charge is 0.143 e. The highest BCUT2D eigenvalue weighted by Gasteiger charge is 2.28. The molecule has 0 heterocycles. The fraction of sp³-hybridized carbons (Fsp3) is 0.667. The summed E-state index contributed by atoms with van der Waals surface area (Å²) in [6.07, 6.45) is 7.75. The summed E-state index contributed by atoms with van der Waals surface area (Å²) in [5.41, 5.74) is 1.44. The molecule has 1 heteroatoms. The van der Waals surface area contributed by atoms with Crippen LogP contribution in [-0.4, -0.2) is 5.78 Å². The highest BCUT2D eigenvalue weighted by molar-refractivity contribution is 5.88. The number of carbonyl (C=O) groups excluding carboxylic acids is 1. The SMILES string of the molecule is O=C1CC=C2CCCCC12. The second-order valence-corrected chi connectivity index (χ2v) is 3.25. The second-order valence-electron chi connectivity index (χ2n) is 3.25. The van der Waals surface area contributed by atoms with E-state index in [4.69, 9.17) is 0 Å². The number of hydrogen-bond donors (Lipinski definition) is 0. The Balaban J connectivity index is 2.18. The Bertz CT molecular complexity index is 191. The molecule has 0 aromatic heterocycles. The van der Waals surface area contributed by atoms with Gasteiger partial charge in [0.2, 0.25) is 0 Å². The van der Waals surface area contributed by atoms with E-state index in [0.717, 1.165) is 12.8 Å². The van der Waals surface area contributed by atoms with E-state index < -0.39 is 0 Å². The Labute approximate surface area is 61.1 Å². The molecule has 1 nitrogen and oxygen atoms in total. The summed E-state index contributed by atoms with van der Waals surface area (Å²) in [5, 5.41) is 0. The molecule has 0 aromatic carbocycles. The van der Waals surface area contributed by atoms with Crippen LogP contribution in [0.4, 0.5) is 0 Å². The van der Waals surface area contributed by atoms with E-state index in [0.29, 0.717) is 11.7 Å². The van der Waals surface area contributed by atoms with Gasteiger partial charge in [-0.05, 0) is 19.3 Å². The molecule has 54 valence electrons. The third kappa shape index (κ3) is 0.808. The number of allylic oxidation sites excluding steroid dienone is 2. The molecule has 0 radical (unpaired) electrons. The van der Waals surface area contributed by atoms with Crippen LogP contribution in [0.25, 0.3) is 0 Å². The molecule has 0 bridgehead atoms. The van der Waals surface area contributed by atoms with Gasteiger partial charge >= 0.3 is 0 Å². The predicted octanol–water partition coefficient (Wildman–Crippen LogP) is 2.08. The summed E-state index contributed by atoms with van der Waals surface area (Å²) in [4.78, 5) is 11.2. The molecule has 0 N–H and O–H groups in total. The molecule has 1 fully saturated rings. The zero-order valence-electron chi connectivity index (χ0n) is 6.10. The van der Waals surface area contributed by atoms with Gasteiger partial charge in [-0.15, -0.1) is 0 Å². The first-order valence-electron chi connectivity index (χ1n) is 4.09. The highest BCUT2D eigenvalue weighted by atomic mass is 16.1. The van der Waals surface area contributed by atoms with Gasteiger partial charge < -0.3 is 0 Å². The Morgan fingerprint density at radius 3 is 3.10 bits per heavy atom. The normalized spacial score (nSPS) is 31.8. The van der Waals surface area contributed by atoms with Crippen molar-refractivity contribution in [3.63, 3.8) is 0 Å². The largest absolute Gasteiger partial charge is 0.299 e. The summed E-state index contributed by atoms with van der Waals surface area (Å²) in [6.45, 7) is 0. The van der Waals surface area contributed by atoms with Crippen molar-refractivity contribution in [2.45, 2.75) is 32.1 Å². The van der Waals surface area contributed by atoms with Crippen molar-refractivity contribution in [2.24, 2.45) is 5.92 Å². The van der Waals surface area contributed by atoms with Crippen LogP contribution in [0.15, 0.2) is 11.6 Å². The zero-order chi connectivity index (χ0) is 6.97. The minimum absolute atomic E-state index is 0.355. The summed E-state index contributed by atoms with van der Waals surface area (Å²) in [6, 6.07) is 0. The van der Waals surface area contributed by atoms with Gasteiger partial charge in [-0.2, -0.15) is 0 Å². The van der Waals surface area contributed by atoms with Crippen molar-refractivity contribution >= 4 is 5.78 Å². The van der Waals surface area contributed by atoms with Crippen LogP contribution in [0, 0.1) is 5.92 Å². The molecular formula is C9H12O. The van der Waals surface area contributed by atoms with Crippen LogP contribution < -0.4 is 0 Å². The van der Waals surface area contributed by atoms with Crippen molar-refractivity contribution in [3.05, 3.63) is 11.6 Å². The van der Waals surface area contributed by atoms with Crippen molar-refractivity contribution < 1.29 is 4.79 Å². The zero-order valence-corrected chi connectivity index (χ0v) is 6.10. The van der Waals surface area contributed by atoms with Crippen LogP contribution in [0.5, 0.6) is 0 Å². The highest BCUT2D eigenvalue weighted by Crippen LogP contribution is 2.35. The lowest BCUT2D eigenvalue weighted by atomic mass is 9.86. The predicted molar refractivity (Wildman–Crippen MR) is 39.7 cm³/mol. The fourth-order valence-electron chi connectivity index (χ4n) is 2.02. The van der Waals surface area contributed by atoms with Crippen LogP contribution in [0.1, 0.15) is 32.1 Å². The van der Waals surface area contributed by atoms with Gasteiger partial charge in [0.15, 0.2) is 0 Å². The van der Waals surface area contributed by atoms with E-state index in [1.165, 1.54) is 24.8 Å². The van der Waals surface area contributed by atoms with Crippen LogP contribution in [0.3, 0.4) is 0 Å². The maximum absolute atomic E-state index is 11.2. The van der Waals surface area contributed by atoms with Gasteiger partial charge in [0.25, 0.3) is 0 Å². The number of Topliss-reactive ketones (excluding diaryl/α,β-unsaturated/α-hetero) is 1. The van der Waals surface area contributed by atoms with Crippen molar-refractivity contribution in [2.75, 3.05) is 0 Å². The molecule has 2 aliphatic rings. The van der Waals surface area contributed by atoms with E-state index >= 15 is 0 Å². The molecule has 0 spiro atoms. The van der Waals surface area contributed by atoms with E-state index in [9.17, 15) is 4.79 Å². The molecule has 2 rings (SSSR count). The topological polar surface area (TPSA) is 17.1 Å². The van der Waals surface area contributed by atoms with Gasteiger partial charge in [0.05, 0.1) is 0 Å². The lowest BCUT2D eigenvalue weighted by Crippen LogP contribution is -2.13. The van der Waals surface area contributed by atoms with Crippen molar-refractivity contribution in [1.82, 2.24) is 0 Å². The molecule has 0 amide bonds. The molecule has 10 heavy (non-hydrogen) atoms. The first-order valence-corrected chi connectivity index (χ1v) is 4.09. The first kappa shape index (κ1) is 6.14. The van der Waals surface area contributed by atoms with Crippen LogP contribution >= 0.6 is 0 Å². The average molecular weight is 136 g/mol. The van der Waals surface area contributed by atoms with Crippen molar-refractivity contribution in [3.8, 4) is 0 Å². The van der Waals surface area contributed by atoms with Crippen LogP contribution in [0.2, 0.25) is 0 Å². The summed E-state index contributed by atoms with van der Waals surface area (Å²) in [7, 11) is 0. The number of carbonyl (C=O) groups is 1. The maximum Gasteiger partial charge on any atom is 0.143 e. The Kier molecular flexibility index (Phi) is 1.37. The standard InChI is InChI=1S/C9H12O/c10-9-6-5-7-3-1-2-4-8(7)9/h5,8H,1-4,6H2. The summed E-state index contributed by atoms with van der Waals surface area (Å²) in [5.74, 6) is 0.823. The number of fused-ring (bicyclic) bond motifs is 1. The maximum atomic E-state index is 11.2. The number of rotatable bonds is 0. The quantitative estimate of drug-likeness (QED) is 0.466. The van der Waals surface area contributed by atoms with Crippen LogP contribution in [-0.2, 0) is 4.79 Å². The summed E-state index contributed by atoms with van der Waals surface area (Å²) >= 11 is 0. The Hall–Kier alpha value is -0.590. The fourth-order valence-corrected chi connectivity index (χ4v) is 2.02. The van der Waals surface area contributed by atoms with Gasteiger partial charge in [-0.25, -0.2) is 0 Å². The Morgan fingerprint density at radius 1 is 1.40 bits per heavy atom. The third-order valence-corrected chi connectivity index (χ3v) is 2.61. The third-order valence-electron chi connectivity index (χ3n) is 2.61. The van der Waals surface area contributed by atoms with E-state index in [1.807, 2.05) is 0 Å². The van der Waals surface area contributed by atoms with E-state index in [1.54, 1.807) is 0 Å². The molecule has 0 aliphatic heterocycles. The van der Waals surface area contributed by atoms with E-state index in [2.05, 4.69) is 6.08 Å². The number of ketones is 1. The molecular weight excluding hydrogens is 124 g/mol. The number of hydrogen-bond acceptors (Lipinski definition) is 1. The molecule has 2 aliphatic carbocycles. The molecule has 0 aromatic rings. The molecule has 1 unspecified atom stereocenters. The molecule has 1 saturated carbocycles.